The van der Waals surface area contributed by atoms with Gasteiger partial charge in [-0.1, -0.05) is 30.3 Å². The molecule has 6 heteroatoms. The maximum absolute atomic E-state index is 12.1. The van der Waals surface area contributed by atoms with E-state index in [0.29, 0.717) is 17.8 Å². The first-order chi connectivity index (χ1) is 13.7. The summed E-state index contributed by atoms with van der Waals surface area (Å²) >= 11 is 0. The number of aromatic amines is 1. The van der Waals surface area contributed by atoms with Crippen LogP contribution in [0.1, 0.15) is 22.6 Å². The minimum Gasteiger partial charge on any atom is -0.480 e. The number of H-pyrrole nitrogens is 1. The van der Waals surface area contributed by atoms with Crippen LogP contribution >= 0.6 is 0 Å². The minimum absolute atomic E-state index is 0.385. The number of benzene rings is 1. The van der Waals surface area contributed by atoms with Crippen molar-refractivity contribution in [3.05, 3.63) is 95.7 Å². The largest absolute Gasteiger partial charge is 0.480 e. The van der Waals surface area contributed by atoms with Crippen molar-refractivity contribution in [2.75, 3.05) is 0 Å². The number of aliphatic carboxylic acids is 1. The van der Waals surface area contributed by atoms with Gasteiger partial charge in [0.15, 0.2) is 0 Å². The predicted molar refractivity (Wildman–Crippen MR) is 105 cm³/mol. The molecule has 28 heavy (non-hydrogen) atoms. The quantitative estimate of drug-likeness (QED) is 0.516. The fourth-order valence-corrected chi connectivity index (χ4v) is 4.17. The maximum Gasteiger partial charge on any atom is 0.321 e. The zero-order valence-electron chi connectivity index (χ0n) is 15.0. The highest BCUT2D eigenvalue weighted by atomic mass is 16.4. The normalized spacial score (nSPS) is 17.9. The van der Waals surface area contributed by atoms with Crippen LogP contribution in [-0.2, 0) is 16.8 Å². The van der Waals surface area contributed by atoms with Gasteiger partial charge in [0.05, 0.1) is 17.1 Å². The molecule has 1 atom stereocenters. The lowest BCUT2D eigenvalue weighted by molar-refractivity contribution is -0.140. The molecular formula is C22H18N4O2. The third-order valence-corrected chi connectivity index (χ3v) is 5.38. The Morgan fingerprint density at radius 3 is 2.21 bits per heavy atom. The van der Waals surface area contributed by atoms with E-state index in [9.17, 15) is 9.90 Å². The van der Waals surface area contributed by atoms with Gasteiger partial charge in [-0.25, -0.2) is 0 Å². The molecule has 1 aliphatic heterocycles. The Bertz CT molecular complexity index is 1120. The molecule has 4 aromatic rings. The van der Waals surface area contributed by atoms with Gasteiger partial charge >= 0.3 is 5.97 Å². The first-order valence-corrected chi connectivity index (χ1v) is 9.14. The molecule has 0 fully saturated rings. The zero-order chi connectivity index (χ0) is 19.1. The van der Waals surface area contributed by atoms with Gasteiger partial charge in [0.2, 0.25) is 0 Å². The average molecular weight is 370 g/mol. The SMILES string of the molecule is O=C(O)[C@@H]1Cc2c([nH]c3ccccc23)C(c2ccccn2)(c2ccccn2)N1. The standard InChI is InChI=1S/C22H18N4O2/c27-21(28)17-13-15-14-7-1-2-8-16(14)25-20(15)22(26-17,18-9-3-5-11-23-18)19-10-4-6-12-24-19/h1-12,17,25-26H,13H2,(H,27,28)/t17-/m0/s1. The number of aromatic nitrogens is 3. The number of pyridine rings is 2. The lowest BCUT2D eigenvalue weighted by Crippen LogP contribution is -2.57. The number of para-hydroxylation sites is 1. The van der Waals surface area contributed by atoms with Crippen LogP contribution in [0.5, 0.6) is 0 Å². The summed E-state index contributed by atoms with van der Waals surface area (Å²) in [7, 11) is 0. The summed E-state index contributed by atoms with van der Waals surface area (Å²) in [5, 5.41) is 14.3. The molecule has 1 aliphatic rings. The average Bonchev–Trinajstić information content (AvgIpc) is 3.13. The Balaban J connectivity index is 1.89. The Morgan fingerprint density at radius 1 is 0.964 bits per heavy atom. The van der Waals surface area contributed by atoms with Crippen LogP contribution in [0.2, 0.25) is 0 Å². The Kier molecular flexibility index (Phi) is 3.74. The molecule has 3 N–H and O–H groups in total. The smallest absolute Gasteiger partial charge is 0.321 e. The molecule has 0 spiro atoms. The molecule has 5 rings (SSSR count). The number of nitrogens with one attached hydrogen (secondary N) is 2. The van der Waals surface area contributed by atoms with Gasteiger partial charge in [-0.2, -0.15) is 0 Å². The van der Waals surface area contributed by atoms with E-state index in [-0.39, 0.29) is 0 Å². The van der Waals surface area contributed by atoms with Gasteiger partial charge in [-0.05, 0) is 35.9 Å². The van der Waals surface area contributed by atoms with Crippen molar-refractivity contribution >= 4 is 16.9 Å². The van der Waals surface area contributed by atoms with Crippen molar-refractivity contribution in [3.63, 3.8) is 0 Å². The summed E-state index contributed by atoms with van der Waals surface area (Å²) in [6.45, 7) is 0. The molecule has 0 radical (unpaired) electrons. The lowest BCUT2D eigenvalue weighted by Gasteiger charge is -2.40. The highest BCUT2D eigenvalue weighted by Crippen LogP contribution is 2.42. The number of carboxylic acid groups (broad SMARTS) is 1. The van der Waals surface area contributed by atoms with E-state index in [1.165, 1.54) is 0 Å². The highest BCUT2D eigenvalue weighted by Gasteiger charge is 2.48. The molecule has 0 saturated carbocycles. The molecule has 4 heterocycles. The van der Waals surface area contributed by atoms with E-state index in [2.05, 4.69) is 20.3 Å². The van der Waals surface area contributed by atoms with Gasteiger partial charge < -0.3 is 10.1 Å². The molecule has 3 aromatic heterocycles. The third kappa shape index (κ3) is 2.35. The van der Waals surface area contributed by atoms with Crippen LogP contribution in [0.3, 0.4) is 0 Å². The van der Waals surface area contributed by atoms with E-state index >= 15 is 0 Å². The molecule has 0 unspecified atom stereocenters. The summed E-state index contributed by atoms with van der Waals surface area (Å²) in [4.78, 5) is 24.8. The minimum atomic E-state index is -0.988. The summed E-state index contributed by atoms with van der Waals surface area (Å²) in [5.74, 6) is -0.896. The van der Waals surface area contributed by atoms with Crippen LogP contribution in [0.15, 0.2) is 73.1 Å². The van der Waals surface area contributed by atoms with Gasteiger partial charge in [0.25, 0.3) is 0 Å². The Morgan fingerprint density at radius 2 is 1.61 bits per heavy atom. The van der Waals surface area contributed by atoms with Gasteiger partial charge in [0.1, 0.15) is 11.6 Å². The fraction of sp³-hybridized carbons (Fsp3) is 0.136. The second-order valence-electron chi connectivity index (χ2n) is 6.94. The van der Waals surface area contributed by atoms with Crippen molar-refractivity contribution in [1.29, 1.82) is 0 Å². The topological polar surface area (TPSA) is 90.9 Å². The number of nitrogens with zero attached hydrogens (tertiary/aromatic N) is 2. The van der Waals surface area contributed by atoms with E-state index in [1.54, 1.807) is 12.4 Å². The molecule has 0 amide bonds. The van der Waals surface area contributed by atoms with E-state index < -0.39 is 17.6 Å². The first kappa shape index (κ1) is 16.6. The van der Waals surface area contributed by atoms with Crippen molar-refractivity contribution in [1.82, 2.24) is 20.3 Å². The zero-order valence-corrected chi connectivity index (χ0v) is 15.0. The molecule has 0 aliphatic carbocycles. The summed E-state index contributed by atoms with van der Waals surface area (Å²) < 4.78 is 0. The van der Waals surface area contributed by atoms with Crippen LogP contribution in [0.25, 0.3) is 10.9 Å². The molecule has 0 saturated heterocycles. The van der Waals surface area contributed by atoms with Crippen LogP contribution in [0, 0.1) is 0 Å². The number of carboxylic acids is 1. The first-order valence-electron chi connectivity index (χ1n) is 9.14. The number of fused-ring (bicyclic) bond motifs is 3. The summed E-state index contributed by atoms with van der Waals surface area (Å²) in [5.41, 5.74) is 3.26. The Labute approximate surface area is 161 Å². The number of carbonyl (C=O) groups is 1. The lowest BCUT2D eigenvalue weighted by atomic mass is 9.78. The van der Waals surface area contributed by atoms with Gasteiger partial charge in [0, 0.05) is 29.7 Å². The summed E-state index contributed by atoms with van der Waals surface area (Å²) in [6, 6.07) is 18.5. The van der Waals surface area contributed by atoms with E-state index in [0.717, 1.165) is 22.2 Å². The third-order valence-electron chi connectivity index (χ3n) is 5.38. The maximum atomic E-state index is 12.1. The number of hydrogen-bond acceptors (Lipinski definition) is 4. The molecule has 6 nitrogen and oxygen atoms in total. The monoisotopic (exact) mass is 370 g/mol. The second-order valence-corrected chi connectivity index (χ2v) is 6.94. The molecule has 0 bridgehead atoms. The van der Waals surface area contributed by atoms with Crippen molar-refractivity contribution in [2.24, 2.45) is 0 Å². The Hall–Kier alpha value is -3.51. The number of hydrogen-bond donors (Lipinski definition) is 3. The van der Waals surface area contributed by atoms with Crippen molar-refractivity contribution < 1.29 is 9.90 Å². The van der Waals surface area contributed by atoms with Gasteiger partial charge in [-0.3, -0.25) is 20.1 Å². The summed E-state index contributed by atoms with van der Waals surface area (Å²) in [6.07, 6.45) is 3.82. The predicted octanol–water partition coefficient (Wildman–Crippen LogP) is 2.85. The molecule has 1 aromatic carbocycles. The second kappa shape index (κ2) is 6.28. The number of rotatable bonds is 3. The van der Waals surface area contributed by atoms with E-state index in [1.807, 2.05) is 60.7 Å². The van der Waals surface area contributed by atoms with Crippen molar-refractivity contribution in [2.45, 2.75) is 18.0 Å². The van der Waals surface area contributed by atoms with Crippen molar-refractivity contribution in [3.8, 4) is 0 Å². The fourth-order valence-electron chi connectivity index (χ4n) is 4.17. The van der Waals surface area contributed by atoms with Crippen LogP contribution < -0.4 is 5.32 Å². The molecule has 138 valence electrons. The van der Waals surface area contributed by atoms with Crippen LogP contribution in [-0.4, -0.2) is 32.1 Å². The van der Waals surface area contributed by atoms with Crippen LogP contribution in [0.4, 0.5) is 0 Å². The highest BCUT2D eigenvalue weighted by molar-refractivity contribution is 5.88. The molecular weight excluding hydrogens is 352 g/mol. The van der Waals surface area contributed by atoms with E-state index in [4.69, 9.17) is 0 Å². The van der Waals surface area contributed by atoms with Gasteiger partial charge in [-0.15, -0.1) is 0 Å².